The van der Waals surface area contributed by atoms with Crippen LogP contribution in [0.15, 0.2) is 18.2 Å². The van der Waals surface area contributed by atoms with Crippen LogP contribution in [0, 0.1) is 17.6 Å². The van der Waals surface area contributed by atoms with Gasteiger partial charge >= 0.3 is 0 Å². The molecule has 3 rings (SSSR count). The molecule has 0 radical (unpaired) electrons. The Balaban J connectivity index is 1.89. The molecule has 0 unspecified atom stereocenters. The van der Waals surface area contributed by atoms with Crippen molar-refractivity contribution in [2.75, 3.05) is 11.5 Å². The largest absolute Gasteiger partial charge is 0.346 e. The SMILES string of the molecule is O=C(NC1(c2c(F)cccc2F)CCCC1)[C@H]1CCS(=O)(=O)C1. The molecule has 1 amide bonds. The van der Waals surface area contributed by atoms with E-state index in [9.17, 15) is 22.0 Å². The van der Waals surface area contributed by atoms with E-state index in [0.29, 0.717) is 12.8 Å². The fourth-order valence-electron chi connectivity index (χ4n) is 3.71. The predicted molar refractivity (Wildman–Crippen MR) is 81.4 cm³/mol. The first kappa shape index (κ1) is 16.4. The van der Waals surface area contributed by atoms with Crippen LogP contribution < -0.4 is 5.32 Å². The average Bonchev–Trinajstić information content (AvgIpc) is 3.06. The van der Waals surface area contributed by atoms with E-state index in [0.717, 1.165) is 12.8 Å². The number of rotatable bonds is 3. The smallest absolute Gasteiger partial charge is 0.224 e. The Labute approximate surface area is 134 Å². The van der Waals surface area contributed by atoms with Crippen molar-refractivity contribution < 1.29 is 22.0 Å². The van der Waals surface area contributed by atoms with Gasteiger partial charge < -0.3 is 5.32 Å². The lowest BCUT2D eigenvalue weighted by Gasteiger charge is -2.32. The maximum atomic E-state index is 14.2. The van der Waals surface area contributed by atoms with Gasteiger partial charge in [0.25, 0.3) is 0 Å². The van der Waals surface area contributed by atoms with Crippen LogP contribution in [0.25, 0.3) is 0 Å². The first-order valence-electron chi connectivity index (χ1n) is 7.80. The quantitative estimate of drug-likeness (QED) is 0.916. The van der Waals surface area contributed by atoms with E-state index in [2.05, 4.69) is 5.32 Å². The second-order valence-corrected chi connectivity index (χ2v) is 8.70. The third-order valence-corrected chi connectivity index (χ3v) is 6.63. The van der Waals surface area contributed by atoms with E-state index in [4.69, 9.17) is 0 Å². The molecule has 2 aliphatic rings. The second-order valence-electron chi connectivity index (χ2n) is 6.48. The Morgan fingerprint density at radius 2 is 1.78 bits per heavy atom. The van der Waals surface area contributed by atoms with E-state index in [1.54, 1.807) is 0 Å². The van der Waals surface area contributed by atoms with Crippen molar-refractivity contribution in [3.8, 4) is 0 Å². The molecule has 1 N–H and O–H groups in total. The van der Waals surface area contributed by atoms with Gasteiger partial charge in [0, 0.05) is 5.56 Å². The average molecular weight is 343 g/mol. The van der Waals surface area contributed by atoms with Gasteiger partial charge in [-0.1, -0.05) is 18.9 Å². The molecule has 1 aromatic rings. The van der Waals surface area contributed by atoms with Crippen molar-refractivity contribution in [2.24, 2.45) is 5.92 Å². The van der Waals surface area contributed by atoms with Crippen molar-refractivity contribution >= 4 is 15.7 Å². The van der Waals surface area contributed by atoms with Gasteiger partial charge in [0.1, 0.15) is 11.6 Å². The topological polar surface area (TPSA) is 63.2 Å². The molecule has 1 aliphatic carbocycles. The van der Waals surface area contributed by atoms with Crippen molar-refractivity contribution in [2.45, 2.75) is 37.6 Å². The normalized spacial score (nSPS) is 25.4. The van der Waals surface area contributed by atoms with E-state index >= 15 is 0 Å². The lowest BCUT2D eigenvalue weighted by molar-refractivity contribution is -0.126. The van der Waals surface area contributed by atoms with Gasteiger partial charge in [-0.15, -0.1) is 0 Å². The Morgan fingerprint density at radius 1 is 1.17 bits per heavy atom. The maximum absolute atomic E-state index is 14.2. The number of benzene rings is 1. The first-order chi connectivity index (χ1) is 10.8. The van der Waals surface area contributed by atoms with Crippen molar-refractivity contribution in [3.63, 3.8) is 0 Å². The number of sulfone groups is 1. The summed E-state index contributed by atoms with van der Waals surface area (Å²) >= 11 is 0. The third-order valence-electron chi connectivity index (χ3n) is 4.86. The van der Waals surface area contributed by atoms with Gasteiger partial charge in [0.05, 0.1) is 23.0 Å². The van der Waals surface area contributed by atoms with Crippen molar-refractivity contribution in [1.82, 2.24) is 5.32 Å². The number of carbonyl (C=O) groups excluding carboxylic acids is 1. The van der Waals surface area contributed by atoms with Crippen LogP contribution in [0.4, 0.5) is 8.78 Å². The highest BCUT2D eigenvalue weighted by molar-refractivity contribution is 7.91. The first-order valence-corrected chi connectivity index (χ1v) is 9.62. The minimum atomic E-state index is -3.18. The summed E-state index contributed by atoms with van der Waals surface area (Å²) in [5.41, 5.74) is -1.18. The summed E-state index contributed by atoms with van der Waals surface area (Å²) in [4.78, 5) is 12.5. The van der Waals surface area contributed by atoms with Crippen molar-refractivity contribution in [1.29, 1.82) is 0 Å². The van der Waals surface area contributed by atoms with E-state index in [-0.39, 0.29) is 23.5 Å². The van der Waals surface area contributed by atoms with Crippen LogP contribution in [-0.4, -0.2) is 25.8 Å². The summed E-state index contributed by atoms with van der Waals surface area (Å²) < 4.78 is 51.5. The molecule has 0 spiro atoms. The van der Waals surface area contributed by atoms with E-state index in [1.807, 2.05) is 0 Å². The molecule has 7 heteroatoms. The molecule has 4 nitrogen and oxygen atoms in total. The number of hydrogen-bond acceptors (Lipinski definition) is 3. The van der Waals surface area contributed by atoms with Crippen LogP contribution in [0.1, 0.15) is 37.7 Å². The molecule has 1 saturated carbocycles. The van der Waals surface area contributed by atoms with Gasteiger partial charge in [0.2, 0.25) is 5.91 Å². The zero-order valence-corrected chi connectivity index (χ0v) is 13.5. The molecule has 1 aromatic carbocycles. The predicted octanol–water partition coefficient (Wildman–Crippen LogP) is 2.29. The highest BCUT2D eigenvalue weighted by atomic mass is 32.2. The van der Waals surface area contributed by atoms with E-state index < -0.39 is 38.8 Å². The Kier molecular flexibility index (Phi) is 4.16. The summed E-state index contributed by atoms with van der Waals surface area (Å²) in [7, 11) is -3.18. The summed E-state index contributed by atoms with van der Waals surface area (Å²) in [6, 6.07) is 3.66. The Morgan fingerprint density at radius 3 is 2.30 bits per heavy atom. The number of amides is 1. The molecule has 1 saturated heterocycles. The molecule has 0 bridgehead atoms. The van der Waals surface area contributed by atoms with Gasteiger partial charge in [0.15, 0.2) is 9.84 Å². The molecule has 0 aromatic heterocycles. The molecular formula is C16H19F2NO3S. The minimum Gasteiger partial charge on any atom is -0.346 e. The summed E-state index contributed by atoms with van der Waals surface area (Å²) in [5.74, 6) is -2.60. The zero-order valence-electron chi connectivity index (χ0n) is 12.6. The maximum Gasteiger partial charge on any atom is 0.224 e. The third kappa shape index (κ3) is 3.11. The highest BCUT2D eigenvalue weighted by Crippen LogP contribution is 2.41. The standard InChI is InChI=1S/C16H19F2NO3S/c17-12-4-3-5-13(18)14(12)16(7-1-2-8-16)19-15(20)11-6-9-23(21,22)10-11/h3-5,11H,1-2,6-10H2,(H,19,20)/t11-/m0/s1. The van der Waals surface area contributed by atoms with Crippen molar-refractivity contribution in [3.05, 3.63) is 35.4 Å². The lowest BCUT2D eigenvalue weighted by Crippen LogP contribution is -2.47. The van der Waals surface area contributed by atoms with Crippen LogP contribution >= 0.6 is 0 Å². The van der Waals surface area contributed by atoms with Gasteiger partial charge in [-0.05, 0) is 31.4 Å². The monoisotopic (exact) mass is 343 g/mol. The highest BCUT2D eigenvalue weighted by Gasteiger charge is 2.43. The second kappa shape index (κ2) is 5.85. The van der Waals surface area contributed by atoms with Gasteiger partial charge in [-0.2, -0.15) is 0 Å². The lowest BCUT2D eigenvalue weighted by atomic mass is 9.86. The molecule has 1 aliphatic heterocycles. The summed E-state index contributed by atoms with van der Waals surface area (Å²) in [5, 5.41) is 2.79. The van der Waals surface area contributed by atoms with Crippen LogP contribution in [0.5, 0.6) is 0 Å². The van der Waals surface area contributed by atoms with Gasteiger partial charge in [-0.25, -0.2) is 17.2 Å². The molecule has 1 heterocycles. The summed E-state index contributed by atoms with van der Waals surface area (Å²) in [6.45, 7) is 0. The number of carbonyl (C=O) groups is 1. The Bertz CT molecular complexity index is 707. The summed E-state index contributed by atoms with van der Waals surface area (Å²) in [6.07, 6.45) is 2.70. The molecule has 1 atom stereocenters. The molecule has 23 heavy (non-hydrogen) atoms. The number of nitrogens with one attached hydrogen (secondary N) is 1. The molecule has 2 fully saturated rings. The zero-order chi connectivity index (χ0) is 16.7. The fourth-order valence-corrected chi connectivity index (χ4v) is 5.45. The molecule has 126 valence electrons. The molecular weight excluding hydrogens is 324 g/mol. The van der Waals surface area contributed by atoms with E-state index in [1.165, 1.54) is 18.2 Å². The van der Waals surface area contributed by atoms with Gasteiger partial charge in [-0.3, -0.25) is 4.79 Å². The Hall–Kier alpha value is -1.50. The number of hydrogen-bond donors (Lipinski definition) is 1. The minimum absolute atomic E-state index is 0.00779. The van der Waals surface area contributed by atoms with Crippen LogP contribution in [0.2, 0.25) is 0 Å². The van der Waals surface area contributed by atoms with Crippen LogP contribution in [-0.2, 0) is 20.2 Å². The fraction of sp³-hybridized carbons (Fsp3) is 0.562. The van der Waals surface area contributed by atoms with Crippen LogP contribution in [0.3, 0.4) is 0 Å². The number of halogens is 2.